The molecule has 0 N–H and O–H groups in total. The normalized spacial score (nSPS) is 11.6. The van der Waals surface area contributed by atoms with Crippen LogP contribution in [0.5, 0.6) is 11.5 Å². The molecular formula is C18H19NO5. The Balaban J connectivity index is 2.20. The molecule has 0 aliphatic heterocycles. The molecule has 0 fully saturated rings. The van der Waals surface area contributed by atoms with E-state index in [1.807, 2.05) is 0 Å². The summed E-state index contributed by atoms with van der Waals surface area (Å²) >= 11 is 0. The van der Waals surface area contributed by atoms with Crippen molar-refractivity contribution in [2.45, 2.75) is 12.3 Å². The van der Waals surface area contributed by atoms with Crippen LogP contribution in [0.1, 0.15) is 28.3 Å². The van der Waals surface area contributed by atoms with Crippen LogP contribution in [0.2, 0.25) is 0 Å². The highest BCUT2D eigenvalue weighted by molar-refractivity contribution is 5.96. The number of benzene rings is 2. The largest absolute Gasteiger partial charge is 0.497 e. The van der Waals surface area contributed by atoms with Gasteiger partial charge in [0, 0.05) is 16.9 Å². The molecule has 2 rings (SSSR count). The second-order valence-corrected chi connectivity index (χ2v) is 5.34. The smallest absolute Gasteiger partial charge is 0.211 e. The Morgan fingerprint density at radius 3 is 2.33 bits per heavy atom. The molecule has 2 aromatic carbocycles. The minimum atomic E-state index is -0.496. The molecule has 0 heterocycles. The Morgan fingerprint density at radius 2 is 1.75 bits per heavy atom. The van der Waals surface area contributed by atoms with E-state index in [2.05, 4.69) is 0 Å². The second kappa shape index (κ2) is 8.10. The van der Waals surface area contributed by atoms with E-state index in [1.54, 1.807) is 55.6 Å². The lowest BCUT2D eigenvalue weighted by atomic mass is 9.91. The van der Waals surface area contributed by atoms with Crippen molar-refractivity contribution in [1.82, 2.24) is 0 Å². The molecule has 0 radical (unpaired) electrons. The number of nitrogens with zero attached hydrogens (tertiary/aromatic N) is 1. The fourth-order valence-corrected chi connectivity index (χ4v) is 2.48. The number of hydrogen-bond acceptors (Lipinski definition) is 5. The van der Waals surface area contributed by atoms with Gasteiger partial charge in [-0.05, 0) is 29.8 Å². The van der Waals surface area contributed by atoms with Gasteiger partial charge in [-0.15, -0.1) is 0 Å². The van der Waals surface area contributed by atoms with Crippen molar-refractivity contribution in [2.24, 2.45) is 0 Å². The predicted molar refractivity (Wildman–Crippen MR) is 89.5 cm³/mol. The Morgan fingerprint density at radius 1 is 1.08 bits per heavy atom. The van der Waals surface area contributed by atoms with E-state index in [9.17, 15) is 14.9 Å². The van der Waals surface area contributed by atoms with Crippen molar-refractivity contribution in [2.75, 3.05) is 20.8 Å². The van der Waals surface area contributed by atoms with E-state index in [1.165, 1.54) is 7.11 Å². The van der Waals surface area contributed by atoms with Crippen LogP contribution in [-0.2, 0) is 0 Å². The van der Waals surface area contributed by atoms with Crippen molar-refractivity contribution < 1.29 is 19.2 Å². The molecule has 1 atom stereocenters. The molecule has 0 saturated heterocycles. The van der Waals surface area contributed by atoms with Gasteiger partial charge in [-0.1, -0.05) is 24.3 Å². The monoisotopic (exact) mass is 329 g/mol. The summed E-state index contributed by atoms with van der Waals surface area (Å²) in [5.41, 5.74) is 1.22. The summed E-state index contributed by atoms with van der Waals surface area (Å²) in [5.74, 6) is 0.593. The minimum absolute atomic E-state index is 0.0560. The molecule has 6 heteroatoms. The highest BCUT2D eigenvalue weighted by Crippen LogP contribution is 2.25. The number of hydrogen-bond donors (Lipinski definition) is 0. The maximum atomic E-state index is 12.5. The SMILES string of the molecule is COc1ccc(C(CC(=O)c2cccc(OC)c2)C[N+](=O)[O-])cc1. The molecule has 0 saturated carbocycles. The molecule has 2 aromatic rings. The lowest BCUT2D eigenvalue weighted by molar-refractivity contribution is -0.483. The van der Waals surface area contributed by atoms with Gasteiger partial charge in [0.2, 0.25) is 6.54 Å². The highest BCUT2D eigenvalue weighted by Gasteiger charge is 2.22. The maximum absolute atomic E-state index is 12.5. The van der Waals surface area contributed by atoms with Crippen LogP contribution in [0, 0.1) is 10.1 Å². The first-order valence-corrected chi connectivity index (χ1v) is 7.46. The molecule has 6 nitrogen and oxygen atoms in total. The van der Waals surface area contributed by atoms with Crippen molar-refractivity contribution >= 4 is 5.78 Å². The van der Waals surface area contributed by atoms with Crippen molar-refractivity contribution in [1.29, 1.82) is 0 Å². The lowest BCUT2D eigenvalue weighted by Crippen LogP contribution is -2.16. The molecule has 0 spiro atoms. The van der Waals surface area contributed by atoms with E-state index >= 15 is 0 Å². The molecule has 0 aromatic heterocycles. The summed E-state index contributed by atoms with van der Waals surface area (Å²) in [5, 5.41) is 11.0. The summed E-state index contributed by atoms with van der Waals surface area (Å²) in [6.45, 7) is -0.304. The number of Topliss-reactive ketones (excluding diaryl/α,β-unsaturated/α-hetero) is 1. The van der Waals surface area contributed by atoms with Crippen LogP contribution in [-0.4, -0.2) is 31.5 Å². The second-order valence-electron chi connectivity index (χ2n) is 5.34. The number of methoxy groups -OCH3 is 2. The third-order valence-electron chi connectivity index (χ3n) is 3.78. The lowest BCUT2D eigenvalue weighted by Gasteiger charge is -2.13. The fraction of sp³-hybridized carbons (Fsp3) is 0.278. The van der Waals surface area contributed by atoms with Crippen LogP contribution in [0.4, 0.5) is 0 Å². The van der Waals surface area contributed by atoms with Gasteiger partial charge in [-0.3, -0.25) is 14.9 Å². The molecule has 0 aliphatic carbocycles. The zero-order chi connectivity index (χ0) is 17.5. The molecule has 126 valence electrons. The Labute approximate surface area is 140 Å². The van der Waals surface area contributed by atoms with Crippen LogP contribution in [0.25, 0.3) is 0 Å². The quantitative estimate of drug-likeness (QED) is 0.422. The van der Waals surface area contributed by atoms with Gasteiger partial charge >= 0.3 is 0 Å². The summed E-state index contributed by atoms with van der Waals surface area (Å²) in [4.78, 5) is 23.1. The van der Waals surface area contributed by atoms with Gasteiger partial charge < -0.3 is 9.47 Å². The topological polar surface area (TPSA) is 78.7 Å². The van der Waals surface area contributed by atoms with Gasteiger partial charge in [-0.2, -0.15) is 0 Å². The predicted octanol–water partition coefficient (Wildman–Crippen LogP) is 3.34. The Hall–Kier alpha value is -2.89. The fourth-order valence-electron chi connectivity index (χ4n) is 2.48. The number of carbonyl (C=O) groups excluding carboxylic acids is 1. The van der Waals surface area contributed by atoms with Gasteiger partial charge in [0.25, 0.3) is 0 Å². The standard InChI is InChI=1S/C18H19NO5/c1-23-16-8-6-13(7-9-16)15(12-19(21)22)11-18(20)14-4-3-5-17(10-14)24-2/h3-10,15H,11-12H2,1-2H3. The van der Waals surface area contributed by atoms with Gasteiger partial charge in [-0.25, -0.2) is 0 Å². The van der Waals surface area contributed by atoms with Crippen LogP contribution >= 0.6 is 0 Å². The van der Waals surface area contributed by atoms with E-state index < -0.39 is 10.8 Å². The van der Waals surface area contributed by atoms with E-state index in [4.69, 9.17) is 9.47 Å². The molecule has 0 amide bonds. The third kappa shape index (κ3) is 4.55. The van der Waals surface area contributed by atoms with Crippen molar-refractivity contribution in [3.05, 3.63) is 69.8 Å². The Bertz CT molecular complexity index is 712. The maximum Gasteiger partial charge on any atom is 0.211 e. The average molecular weight is 329 g/mol. The zero-order valence-corrected chi connectivity index (χ0v) is 13.6. The first-order valence-electron chi connectivity index (χ1n) is 7.46. The van der Waals surface area contributed by atoms with Crippen LogP contribution in [0.15, 0.2) is 48.5 Å². The summed E-state index contributed by atoms with van der Waals surface area (Å²) in [6, 6.07) is 13.8. The first kappa shape index (κ1) is 17.5. The summed E-state index contributed by atoms with van der Waals surface area (Å²) in [7, 11) is 3.08. The minimum Gasteiger partial charge on any atom is -0.497 e. The van der Waals surface area contributed by atoms with E-state index in [-0.39, 0.29) is 18.7 Å². The van der Waals surface area contributed by atoms with Crippen LogP contribution in [0.3, 0.4) is 0 Å². The molecule has 0 bridgehead atoms. The molecule has 0 aliphatic rings. The zero-order valence-electron chi connectivity index (χ0n) is 13.6. The van der Waals surface area contributed by atoms with Gasteiger partial charge in [0.1, 0.15) is 11.5 Å². The van der Waals surface area contributed by atoms with Crippen molar-refractivity contribution in [3.8, 4) is 11.5 Å². The number of rotatable bonds is 8. The molecule has 1 unspecified atom stereocenters. The number of ketones is 1. The summed E-state index contributed by atoms with van der Waals surface area (Å²) in [6.07, 6.45) is 0.0560. The average Bonchev–Trinajstić information content (AvgIpc) is 2.60. The third-order valence-corrected chi connectivity index (χ3v) is 3.78. The number of ether oxygens (including phenoxy) is 2. The summed E-state index contributed by atoms with van der Waals surface area (Å²) < 4.78 is 10.2. The van der Waals surface area contributed by atoms with Crippen LogP contribution < -0.4 is 9.47 Å². The van der Waals surface area contributed by atoms with E-state index in [0.717, 1.165) is 5.56 Å². The van der Waals surface area contributed by atoms with Gasteiger partial charge in [0.05, 0.1) is 20.1 Å². The Kier molecular flexibility index (Phi) is 5.89. The molecule has 24 heavy (non-hydrogen) atoms. The molecular weight excluding hydrogens is 310 g/mol. The van der Waals surface area contributed by atoms with Crippen molar-refractivity contribution in [3.63, 3.8) is 0 Å². The number of nitro groups is 1. The van der Waals surface area contributed by atoms with E-state index in [0.29, 0.717) is 17.1 Å². The number of carbonyl (C=O) groups is 1. The highest BCUT2D eigenvalue weighted by atomic mass is 16.6. The van der Waals surface area contributed by atoms with Gasteiger partial charge in [0.15, 0.2) is 5.78 Å². The first-order chi connectivity index (χ1) is 11.5.